The molecule has 1 aromatic rings. The minimum atomic E-state index is -1.16. The lowest BCUT2D eigenvalue weighted by Crippen LogP contribution is -2.57. The van der Waals surface area contributed by atoms with E-state index in [-0.39, 0.29) is 18.7 Å². The molecule has 0 radical (unpaired) electrons. The number of hydrogen-bond donors (Lipinski definition) is 0. The number of nitrogens with zero attached hydrogens (tertiary/aromatic N) is 3. The van der Waals surface area contributed by atoms with Gasteiger partial charge in [-0.05, 0) is 67.8 Å². The van der Waals surface area contributed by atoms with Crippen LogP contribution in [0.1, 0.15) is 44.2 Å². The van der Waals surface area contributed by atoms with Crippen molar-refractivity contribution in [3.8, 4) is 5.75 Å². The van der Waals surface area contributed by atoms with Crippen molar-refractivity contribution in [1.29, 1.82) is 0 Å². The van der Waals surface area contributed by atoms with Crippen LogP contribution < -0.4 is 9.64 Å². The third-order valence-electron chi connectivity index (χ3n) is 6.93. The molecule has 2 aliphatic heterocycles. The van der Waals surface area contributed by atoms with E-state index in [0.717, 1.165) is 29.7 Å². The van der Waals surface area contributed by atoms with Gasteiger partial charge in [0.1, 0.15) is 25.1 Å². The lowest BCUT2D eigenvalue weighted by atomic mass is 9.66. The molecule has 1 aliphatic carbocycles. The van der Waals surface area contributed by atoms with Crippen LogP contribution in [0.2, 0.25) is 25.7 Å². The quantitative estimate of drug-likeness (QED) is 0.449. The van der Waals surface area contributed by atoms with E-state index in [1.165, 1.54) is 35.4 Å². The van der Waals surface area contributed by atoms with Crippen LogP contribution in [0.3, 0.4) is 0 Å². The first kappa shape index (κ1) is 22.3. The molecule has 1 fully saturated rings. The van der Waals surface area contributed by atoms with Crippen LogP contribution in [-0.4, -0.2) is 50.8 Å². The van der Waals surface area contributed by atoms with Gasteiger partial charge in [-0.2, -0.15) is 5.10 Å². The van der Waals surface area contributed by atoms with Gasteiger partial charge in [-0.15, -0.1) is 0 Å². The Bertz CT molecular complexity index is 889. The third-order valence-corrected chi connectivity index (χ3v) is 8.64. The van der Waals surface area contributed by atoms with Gasteiger partial charge >= 0.3 is 0 Å². The monoisotopic (exact) mass is 443 g/mol. The van der Waals surface area contributed by atoms with Crippen molar-refractivity contribution >= 4 is 25.5 Å². The molecule has 31 heavy (non-hydrogen) atoms. The molecular weight excluding hydrogens is 406 g/mol. The van der Waals surface area contributed by atoms with Gasteiger partial charge < -0.3 is 14.4 Å². The second-order valence-electron chi connectivity index (χ2n) is 11.0. The summed E-state index contributed by atoms with van der Waals surface area (Å²) in [7, 11) is -1.16. The first-order chi connectivity index (χ1) is 14.6. The van der Waals surface area contributed by atoms with Crippen molar-refractivity contribution in [2.45, 2.75) is 78.2 Å². The number of ether oxygens (including phenoxy) is 2. The van der Waals surface area contributed by atoms with Crippen molar-refractivity contribution in [1.82, 2.24) is 5.01 Å². The van der Waals surface area contributed by atoms with Gasteiger partial charge in [0.2, 0.25) is 0 Å². The molecular formula is C24H37N3O3Si. The van der Waals surface area contributed by atoms with Crippen LogP contribution in [0.4, 0.5) is 5.69 Å². The zero-order chi connectivity index (χ0) is 22.4. The molecule has 1 amide bonds. The average molecular weight is 444 g/mol. The normalized spacial score (nSPS) is 22.3. The maximum Gasteiger partial charge on any atom is 0.267 e. The molecule has 1 unspecified atom stereocenters. The number of anilines is 1. The fourth-order valence-corrected chi connectivity index (χ4v) is 5.38. The van der Waals surface area contributed by atoms with E-state index in [1.54, 1.807) is 0 Å². The van der Waals surface area contributed by atoms with Gasteiger partial charge in [0.25, 0.3) is 5.91 Å². The lowest BCUT2D eigenvalue weighted by Gasteiger charge is -2.42. The smallest absolute Gasteiger partial charge is 0.267 e. The van der Waals surface area contributed by atoms with E-state index in [0.29, 0.717) is 18.6 Å². The molecule has 1 aromatic carbocycles. The maximum atomic E-state index is 13.1. The topological polar surface area (TPSA) is 54.4 Å². The van der Waals surface area contributed by atoms with Crippen molar-refractivity contribution in [3.63, 3.8) is 0 Å². The van der Waals surface area contributed by atoms with E-state index >= 15 is 0 Å². The van der Waals surface area contributed by atoms with Crippen molar-refractivity contribution in [2.24, 2.45) is 10.5 Å². The van der Waals surface area contributed by atoms with Crippen LogP contribution >= 0.6 is 0 Å². The van der Waals surface area contributed by atoms with E-state index in [4.69, 9.17) is 9.47 Å². The summed E-state index contributed by atoms with van der Waals surface area (Å²) in [5, 5.41) is 6.08. The lowest BCUT2D eigenvalue weighted by molar-refractivity contribution is -0.138. The SMILES string of the molecule is Cc1cc2c(cc1CC1(C)CCC1)N1C(=NN(COCC[Si](C)(C)C)C(=O)C1C)CO2. The van der Waals surface area contributed by atoms with E-state index in [1.807, 2.05) is 6.92 Å². The Morgan fingerprint density at radius 3 is 2.68 bits per heavy atom. The average Bonchev–Trinajstić information content (AvgIpc) is 2.67. The van der Waals surface area contributed by atoms with Gasteiger partial charge in [0.15, 0.2) is 5.84 Å². The number of hydrogen-bond acceptors (Lipinski definition) is 5. The summed E-state index contributed by atoms with van der Waals surface area (Å²) >= 11 is 0. The highest BCUT2D eigenvalue weighted by atomic mass is 28.3. The molecule has 0 N–H and O–H groups in total. The largest absolute Gasteiger partial charge is 0.483 e. The summed E-state index contributed by atoms with van der Waals surface area (Å²) in [4.78, 5) is 15.1. The van der Waals surface area contributed by atoms with Gasteiger partial charge in [0, 0.05) is 14.7 Å². The van der Waals surface area contributed by atoms with Crippen LogP contribution in [-0.2, 0) is 16.0 Å². The highest BCUT2D eigenvalue weighted by molar-refractivity contribution is 6.76. The molecule has 4 rings (SSSR count). The van der Waals surface area contributed by atoms with Crippen molar-refractivity contribution < 1.29 is 14.3 Å². The van der Waals surface area contributed by atoms with E-state index < -0.39 is 8.07 Å². The van der Waals surface area contributed by atoms with Crippen molar-refractivity contribution in [2.75, 3.05) is 24.8 Å². The summed E-state index contributed by atoms with van der Waals surface area (Å²) < 4.78 is 11.9. The fraction of sp³-hybridized carbons (Fsp3) is 0.667. The Morgan fingerprint density at radius 2 is 2.03 bits per heavy atom. The Balaban J connectivity index is 1.54. The van der Waals surface area contributed by atoms with Gasteiger partial charge in [-0.3, -0.25) is 4.79 Å². The second-order valence-corrected chi connectivity index (χ2v) is 16.6. The fourth-order valence-electron chi connectivity index (χ4n) is 4.62. The number of amidine groups is 1. The number of carbonyl (C=O) groups is 1. The highest BCUT2D eigenvalue weighted by Gasteiger charge is 2.39. The first-order valence-corrected chi connectivity index (χ1v) is 15.3. The van der Waals surface area contributed by atoms with Crippen LogP contribution in [0.15, 0.2) is 17.2 Å². The second kappa shape index (κ2) is 8.24. The van der Waals surface area contributed by atoms with E-state index in [9.17, 15) is 4.79 Å². The van der Waals surface area contributed by atoms with Crippen LogP contribution in [0.5, 0.6) is 5.75 Å². The van der Waals surface area contributed by atoms with Crippen molar-refractivity contribution in [3.05, 3.63) is 23.3 Å². The van der Waals surface area contributed by atoms with Gasteiger partial charge in [-0.25, -0.2) is 5.01 Å². The van der Waals surface area contributed by atoms with Gasteiger partial charge in [0.05, 0.1) is 5.69 Å². The molecule has 0 aromatic heterocycles. The van der Waals surface area contributed by atoms with Gasteiger partial charge in [-0.1, -0.05) is 33.0 Å². The molecule has 0 spiro atoms. The summed E-state index contributed by atoms with van der Waals surface area (Å²) in [5.41, 5.74) is 3.98. The number of hydrazone groups is 1. The summed E-state index contributed by atoms with van der Waals surface area (Å²) in [5.74, 6) is 1.59. The molecule has 3 aliphatic rings. The summed E-state index contributed by atoms with van der Waals surface area (Å²) in [6.07, 6.45) is 4.98. The Labute approximate surface area is 187 Å². The number of carbonyl (C=O) groups excluding carboxylic acids is 1. The standard InChI is InChI=1S/C24H37N3O3Si/c1-17-12-21-20(13-19(17)14-24(3)8-7-9-24)27-18(2)23(28)26(25-22(27)15-30-21)16-29-10-11-31(4,5)6/h12-13,18H,7-11,14-16H2,1-6H3. The zero-order valence-corrected chi connectivity index (χ0v) is 21.0. The number of benzene rings is 1. The minimum absolute atomic E-state index is 0.0299. The Hall–Kier alpha value is -1.86. The predicted octanol–water partition coefficient (Wildman–Crippen LogP) is 4.78. The van der Waals surface area contributed by atoms with Crippen LogP contribution in [0, 0.1) is 12.3 Å². The predicted molar refractivity (Wildman–Crippen MR) is 128 cm³/mol. The third kappa shape index (κ3) is 4.67. The number of aryl methyl sites for hydroxylation is 1. The molecule has 6 nitrogen and oxygen atoms in total. The number of amides is 1. The number of fused-ring (bicyclic) bond motifs is 3. The van der Waals surface area contributed by atoms with Crippen LogP contribution in [0.25, 0.3) is 0 Å². The molecule has 1 saturated carbocycles. The first-order valence-electron chi connectivity index (χ1n) is 11.6. The highest BCUT2D eigenvalue weighted by Crippen LogP contribution is 2.45. The number of rotatable bonds is 7. The Morgan fingerprint density at radius 1 is 1.29 bits per heavy atom. The zero-order valence-electron chi connectivity index (χ0n) is 20.0. The molecule has 170 valence electrons. The molecule has 0 bridgehead atoms. The molecule has 1 atom stereocenters. The molecule has 0 saturated heterocycles. The molecule has 2 heterocycles. The summed E-state index contributed by atoms with van der Waals surface area (Å²) in [6.45, 7) is 14.7. The minimum Gasteiger partial charge on any atom is -0.483 e. The van der Waals surface area contributed by atoms with E-state index in [2.05, 4.69) is 55.6 Å². The maximum absolute atomic E-state index is 13.1. The summed E-state index contributed by atoms with van der Waals surface area (Å²) in [6, 6.07) is 5.11. The molecule has 7 heteroatoms. The Kier molecular flexibility index (Phi) is 5.94.